The van der Waals surface area contributed by atoms with Crippen LogP contribution in [0, 0.1) is 5.82 Å². The zero-order valence-corrected chi connectivity index (χ0v) is 10.9. The van der Waals surface area contributed by atoms with E-state index in [2.05, 4.69) is 5.43 Å². The van der Waals surface area contributed by atoms with Gasteiger partial charge in [-0.3, -0.25) is 11.3 Å². The Hall–Kier alpha value is -1.18. The van der Waals surface area contributed by atoms with Crippen molar-refractivity contribution in [2.75, 3.05) is 6.61 Å². The van der Waals surface area contributed by atoms with Gasteiger partial charge in [-0.1, -0.05) is 6.07 Å². The van der Waals surface area contributed by atoms with Crippen molar-refractivity contribution in [1.82, 2.24) is 5.43 Å². The Bertz CT molecular complexity index is 484. The number of ether oxygens (including phenoxy) is 1. The Kier molecular flexibility index (Phi) is 4.04. The first-order valence-corrected chi connectivity index (χ1v) is 6.25. The molecule has 1 saturated heterocycles. The van der Waals surface area contributed by atoms with Crippen LogP contribution in [0.5, 0.6) is 0 Å². The highest BCUT2D eigenvalue weighted by atomic mass is 19.4. The molecular weight excluding hydrogens is 276 g/mol. The van der Waals surface area contributed by atoms with Crippen molar-refractivity contribution in [2.24, 2.45) is 5.84 Å². The van der Waals surface area contributed by atoms with Crippen LogP contribution in [0.25, 0.3) is 0 Å². The van der Waals surface area contributed by atoms with E-state index in [1.807, 2.05) is 0 Å². The number of benzene rings is 1. The second-order valence-corrected chi connectivity index (χ2v) is 5.10. The zero-order chi connectivity index (χ0) is 15.0. The van der Waals surface area contributed by atoms with Gasteiger partial charge in [-0.05, 0) is 37.5 Å². The zero-order valence-electron chi connectivity index (χ0n) is 10.9. The topological polar surface area (TPSA) is 47.3 Å². The van der Waals surface area contributed by atoms with Crippen LogP contribution in [0.1, 0.15) is 36.9 Å². The molecule has 3 nitrogen and oxygen atoms in total. The molecule has 1 aromatic rings. The molecule has 2 rings (SSSR count). The fraction of sp³-hybridized carbons (Fsp3) is 0.538. The summed E-state index contributed by atoms with van der Waals surface area (Å²) in [5.74, 6) is 4.16. The molecule has 20 heavy (non-hydrogen) atoms. The van der Waals surface area contributed by atoms with E-state index in [1.54, 1.807) is 6.92 Å². The van der Waals surface area contributed by atoms with Crippen LogP contribution < -0.4 is 11.3 Å². The minimum atomic E-state index is -4.71. The number of rotatable bonds is 3. The second kappa shape index (κ2) is 5.31. The number of nitrogens with two attached hydrogens (primary N) is 1. The van der Waals surface area contributed by atoms with Crippen LogP contribution in [-0.4, -0.2) is 12.2 Å². The van der Waals surface area contributed by atoms with Crippen LogP contribution >= 0.6 is 0 Å². The molecule has 0 spiro atoms. The number of hydrogen-bond donors (Lipinski definition) is 2. The molecule has 112 valence electrons. The molecule has 1 fully saturated rings. The van der Waals surface area contributed by atoms with Crippen molar-refractivity contribution < 1.29 is 22.3 Å². The van der Waals surface area contributed by atoms with Gasteiger partial charge < -0.3 is 4.74 Å². The molecule has 0 aliphatic carbocycles. The Labute approximate surface area is 114 Å². The number of hydrazine groups is 1. The molecule has 2 atom stereocenters. The highest BCUT2D eigenvalue weighted by molar-refractivity contribution is 5.30. The summed E-state index contributed by atoms with van der Waals surface area (Å²) in [5, 5.41) is 0. The fourth-order valence-electron chi connectivity index (χ4n) is 2.59. The third-order valence-corrected chi connectivity index (χ3v) is 3.66. The number of alkyl halides is 3. The van der Waals surface area contributed by atoms with Crippen molar-refractivity contribution in [1.29, 1.82) is 0 Å². The van der Waals surface area contributed by atoms with Crippen LogP contribution in [0.3, 0.4) is 0 Å². The summed E-state index contributed by atoms with van der Waals surface area (Å²) in [4.78, 5) is 0. The van der Waals surface area contributed by atoms with Crippen molar-refractivity contribution in [2.45, 2.75) is 37.6 Å². The summed E-state index contributed by atoms with van der Waals surface area (Å²) in [5.41, 5.74) is 0.914. The van der Waals surface area contributed by atoms with Crippen molar-refractivity contribution in [3.05, 3.63) is 35.1 Å². The van der Waals surface area contributed by atoms with E-state index in [0.29, 0.717) is 18.6 Å². The van der Waals surface area contributed by atoms with Gasteiger partial charge in [0.15, 0.2) is 0 Å². The normalized spacial score (nSPS) is 24.9. The monoisotopic (exact) mass is 292 g/mol. The highest BCUT2D eigenvalue weighted by Crippen LogP contribution is 2.38. The average molecular weight is 292 g/mol. The van der Waals surface area contributed by atoms with E-state index in [4.69, 9.17) is 10.6 Å². The Balaban J connectivity index is 2.34. The van der Waals surface area contributed by atoms with Gasteiger partial charge in [0, 0.05) is 6.61 Å². The van der Waals surface area contributed by atoms with Crippen LogP contribution in [-0.2, 0) is 10.9 Å². The molecular formula is C13H16F4N2O. The third kappa shape index (κ3) is 2.79. The van der Waals surface area contributed by atoms with Crippen molar-refractivity contribution in [3.63, 3.8) is 0 Å². The molecule has 7 heteroatoms. The van der Waals surface area contributed by atoms with Gasteiger partial charge in [-0.2, -0.15) is 13.2 Å². The van der Waals surface area contributed by atoms with E-state index in [0.717, 1.165) is 18.6 Å². The quantitative estimate of drug-likeness (QED) is 0.511. The summed E-state index contributed by atoms with van der Waals surface area (Å²) in [7, 11) is 0. The Morgan fingerprint density at radius 2 is 2.10 bits per heavy atom. The Morgan fingerprint density at radius 1 is 1.40 bits per heavy atom. The standard InChI is InChI=1S/C13H16F4N2O/c1-12(5-2-6-20-12)11(19-18)8-3-4-9(10(14)7-8)13(15,16)17/h3-4,7,11,19H,2,5-6,18H2,1H3. The van der Waals surface area contributed by atoms with Crippen LogP contribution in [0.2, 0.25) is 0 Å². The molecule has 1 aromatic carbocycles. The maximum atomic E-state index is 13.6. The van der Waals surface area contributed by atoms with Gasteiger partial charge in [-0.25, -0.2) is 4.39 Å². The Morgan fingerprint density at radius 3 is 2.55 bits per heavy atom. The molecule has 0 saturated carbocycles. The molecule has 3 N–H and O–H groups in total. The lowest BCUT2D eigenvalue weighted by Crippen LogP contribution is -2.44. The molecule has 1 aliphatic rings. The van der Waals surface area contributed by atoms with Crippen LogP contribution in [0.15, 0.2) is 18.2 Å². The van der Waals surface area contributed by atoms with E-state index in [1.165, 1.54) is 6.07 Å². The summed E-state index contributed by atoms with van der Waals surface area (Å²) in [6.45, 7) is 2.36. The molecule has 0 aromatic heterocycles. The van der Waals surface area contributed by atoms with E-state index in [-0.39, 0.29) is 0 Å². The minimum absolute atomic E-state index is 0.336. The third-order valence-electron chi connectivity index (χ3n) is 3.66. The first-order valence-electron chi connectivity index (χ1n) is 6.25. The van der Waals surface area contributed by atoms with Gasteiger partial charge in [-0.15, -0.1) is 0 Å². The largest absolute Gasteiger partial charge is 0.419 e. The summed E-state index contributed by atoms with van der Waals surface area (Å²) in [6.07, 6.45) is -3.18. The molecule has 1 heterocycles. The number of hydrogen-bond acceptors (Lipinski definition) is 3. The molecule has 2 unspecified atom stereocenters. The maximum Gasteiger partial charge on any atom is 0.419 e. The fourth-order valence-corrected chi connectivity index (χ4v) is 2.59. The lowest BCUT2D eigenvalue weighted by molar-refractivity contribution is -0.140. The lowest BCUT2D eigenvalue weighted by atomic mass is 9.87. The number of halogens is 4. The highest BCUT2D eigenvalue weighted by Gasteiger charge is 2.40. The van der Waals surface area contributed by atoms with Crippen molar-refractivity contribution >= 4 is 0 Å². The van der Waals surface area contributed by atoms with Gasteiger partial charge in [0.1, 0.15) is 5.82 Å². The summed E-state index contributed by atoms with van der Waals surface area (Å²) in [6, 6.07) is 2.25. The lowest BCUT2D eigenvalue weighted by Gasteiger charge is -2.33. The minimum Gasteiger partial charge on any atom is -0.373 e. The first kappa shape index (κ1) is 15.2. The SMILES string of the molecule is CC1(C(NN)c2ccc(C(F)(F)F)c(F)c2)CCCO1. The average Bonchev–Trinajstić information content (AvgIpc) is 2.76. The van der Waals surface area contributed by atoms with Gasteiger partial charge in [0.25, 0.3) is 0 Å². The van der Waals surface area contributed by atoms with E-state index < -0.39 is 29.2 Å². The smallest absolute Gasteiger partial charge is 0.373 e. The predicted molar refractivity (Wildman–Crippen MR) is 65.1 cm³/mol. The molecule has 1 aliphatic heterocycles. The van der Waals surface area contributed by atoms with Gasteiger partial charge in [0.2, 0.25) is 0 Å². The van der Waals surface area contributed by atoms with Gasteiger partial charge in [0.05, 0.1) is 17.2 Å². The number of nitrogens with one attached hydrogen (secondary N) is 1. The van der Waals surface area contributed by atoms with Crippen molar-refractivity contribution in [3.8, 4) is 0 Å². The van der Waals surface area contributed by atoms with Gasteiger partial charge >= 0.3 is 6.18 Å². The second-order valence-electron chi connectivity index (χ2n) is 5.10. The summed E-state index contributed by atoms with van der Waals surface area (Å²) < 4.78 is 56.8. The molecule has 0 bridgehead atoms. The predicted octanol–water partition coefficient (Wildman–Crippen LogP) is 2.92. The molecule has 0 radical (unpaired) electrons. The summed E-state index contributed by atoms with van der Waals surface area (Å²) >= 11 is 0. The maximum absolute atomic E-state index is 13.6. The van der Waals surface area contributed by atoms with Crippen LogP contribution in [0.4, 0.5) is 17.6 Å². The molecule has 0 amide bonds. The first-order chi connectivity index (χ1) is 9.28. The van der Waals surface area contributed by atoms with E-state index >= 15 is 0 Å². The van der Waals surface area contributed by atoms with E-state index in [9.17, 15) is 17.6 Å².